The number of thiocarbonyl (C=S) groups is 1. The highest BCUT2D eigenvalue weighted by atomic mass is 127. The van der Waals surface area contributed by atoms with Gasteiger partial charge < -0.3 is 10.2 Å². The Morgan fingerprint density at radius 1 is 0.941 bits per heavy atom. The van der Waals surface area contributed by atoms with Crippen molar-refractivity contribution in [3.63, 3.8) is 0 Å². The number of amides is 2. The Balaban J connectivity index is 1.55. The molecule has 1 fully saturated rings. The zero-order valence-electron chi connectivity index (χ0n) is 17.9. The molecule has 0 aliphatic carbocycles. The van der Waals surface area contributed by atoms with Crippen LogP contribution in [0, 0.1) is 3.57 Å². The van der Waals surface area contributed by atoms with E-state index in [4.69, 9.17) is 35.4 Å². The van der Waals surface area contributed by atoms with Crippen molar-refractivity contribution in [3.8, 4) is 0 Å². The van der Waals surface area contributed by atoms with Crippen LogP contribution in [-0.2, 0) is 16.0 Å². The average Bonchev–Trinajstić information content (AvgIpc) is 3.04. The molecule has 1 aliphatic heterocycles. The molecule has 9 heteroatoms. The molecule has 0 aromatic heterocycles. The predicted octanol–water partition coefficient (Wildman–Crippen LogP) is 6.17. The zero-order valence-corrected chi connectivity index (χ0v) is 22.4. The first kappa shape index (κ1) is 24.9. The van der Waals surface area contributed by atoms with E-state index in [1.165, 1.54) is 4.90 Å². The number of hydrogen-bond donors (Lipinski definition) is 1. The molecular weight excluding hydrogens is 604 g/mol. The van der Waals surface area contributed by atoms with Gasteiger partial charge in [0.25, 0.3) is 5.91 Å². The molecule has 5 nitrogen and oxygen atoms in total. The van der Waals surface area contributed by atoms with Gasteiger partial charge in [0.15, 0.2) is 5.11 Å². The van der Waals surface area contributed by atoms with Crippen molar-refractivity contribution in [2.45, 2.75) is 18.9 Å². The van der Waals surface area contributed by atoms with Gasteiger partial charge in [-0.05, 0) is 107 Å². The van der Waals surface area contributed by atoms with Gasteiger partial charge in [-0.15, -0.1) is 0 Å². The molecule has 1 heterocycles. The highest BCUT2D eigenvalue weighted by Crippen LogP contribution is 2.29. The molecule has 1 aliphatic rings. The number of hydrogen-bond acceptors (Lipinski definition) is 3. The van der Waals surface area contributed by atoms with E-state index in [1.807, 2.05) is 53.4 Å². The van der Waals surface area contributed by atoms with E-state index in [0.717, 1.165) is 9.13 Å². The summed E-state index contributed by atoms with van der Waals surface area (Å²) >= 11 is 19.9. The summed E-state index contributed by atoms with van der Waals surface area (Å²) in [6.07, 6.45) is 0.629. The van der Waals surface area contributed by atoms with Crippen molar-refractivity contribution < 1.29 is 9.59 Å². The first-order valence-corrected chi connectivity index (χ1v) is 12.8. The molecule has 0 radical (unpaired) electrons. The maximum atomic E-state index is 13.5. The summed E-state index contributed by atoms with van der Waals surface area (Å²) in [7, 11) is 0. The van der Waals surface area contributed by atoms with Gasteiger partial charge in [-0.1, -0.05) is 35.3 Å². The third kappa shape index (κ3) is 5.89. The molecule has 1 N–H and O–H groups in total. The second-order valence-electron chi connectivity index (χ2n) is 7.78. The van der Waals surface area contributed by atoms with Crippen LogP contribution in [0.2, 0.25) is 10.0 Å². The Hall–Kier alpha value is -2.20. The predicted molar refractivity (Wildman–Crippen MR) is 150 cm³/mol. The highest BCUT2D eigenvalue weighted by Gasteiger charge is 2.43. The quantitative estimate of drug-likeness (QED) is 0.253. The molecular formula is C25H20Cl2IN3O2S. The van der Waals surface area contributed by atoms with E-state index in [2.05, 4.69) is 27.9 Å². The first-order chi connectivity index (χ1) is 16.3. The maximum Gasteiger partial charge on any atom is 0.256 e. The molecule has 1 atom stereocenters. The topological polar surface area (TPSA) is 52.7 Å². The minimum Gasteiger partial charge on any atom is -0.336 e. The third-order valence-corrected chi connectivity index (χ3v) is 7.11. The van der Waals surface area contributed by atoms with Crippen LogP contribution in [0.5, 0.6) is 0 Å². The van der Waals surface area contributed by atoms with E-state index >= 15 is 0 Å². The molecule has 3 aromatic carbocycles. The molecule has 3 aromatic rings. The lowest BCUT2D eigenvalue weighted by molar-refractivity contribution is -0.124. The van der Waals surface area contributed by atoms with Crippen molar-refractivity contribution in [1.29, 1.82) is 0 Å². The van der Waals surface area contributed by atoms with Crippen LogP contribution in [0.15, 0.2) is 72.8 Å². The van der Waals surface area contributed by atoms with Crippen molar-refractivity contribution in [3.05, 3.63) is 92.0 Å². The second kappa shape index (κ2) is 11.0. The lowest BCUT2D eigenvalue weighted by Gasteiger charge is -2.24. The third-order valence-electron chi connectivity index (χ3n) is 5.46. The number of anilines is 2. The first-order valence-electron chi connectivity index (χ1n) is 10.5. The fraction of sp³-hybridized carbons (Fsp3) is 0.160. The summed E-state index contributed by atoms with van der Waals surface area (Å²) in [5.74, 6) is -0.488. The molecule has 2 amide bonds. The van der Waals surface area contributed by atoms with Crippen molar-refractivity contribution in [2.24, 2.45) is 0 Å². The molecule has 0 saturated carbocycles. The van der Waals surface area contributed by atoms with Gasteiger partial charge in [0.05, 0.1) is 12.1 Å². The van der Waals surface area contributed by atoms with Gasteiger partial charge >= 0.3 is 0 Å². The molecule has 0 spiro atoms. The van der Waals surface area contributed by atoms with Gasteiger partial charge in [-0.3, -0.25) is 14.5 Å². The molecule has 1 saturated heterocycles. The normalized spacial score (nSPS) is 15.7. The van der Waals surface area contributed by atoms with Crippen LogP contribution < -0.4 is 10.2 Å². The SMILES string of the molecule is O=C(CC1C(=O)N(c2ccc(Cl)cc2)C(=S)N1CCc1ccc(Cl)cc1)Nc1ccc(I)cc1. The Bertz CT molecular complexity index is 1200. The van der Waals surface area contributed by atoms with Crippen LogP contribution in [0.3, 0.4) is 0 Å². The maximum absolute atomic E-state index is 13.5. The van der Waals surface area contributed by atoms with Crippen LogP contribution in [0.4, 0.5) is 11.4 Å². The fourth-order valence-electron chi connectivity index (χ4n) is 3.74. The number of carbonyl (C=O) groups excluding carboxylic acids is 2. The van der Waals surface area contributed by atoms with Gasteiger partial charge in [0, 0.05) is 25.8 Å². The van der Waals surface area contributed by atoms with Gasteiger partial charge in [0.2, 0.25) is 5.91 Å². The Morgan fingerprint density at radius 3 is 2.15 bits per heavy atom. The summed E-state index contributed by atoms with van der Waals surface area (Å²) in [4.78, 5) is 29.6. The number of benzene rings is 3. The molecule has 174 valence electrons. The fourth-order valence-corrected chi connectivity index (χ4v) is 4.76. The van der Waals surface area contributed by atoms with Gasteiger partial charge in [-0.2, -0.15) is 0 Å². The number of nitrogens with one attached hydrogen (secondary N) is 1. The van der Waals surface area contributed by atoms with E-state index in [-0.39, 0.29) is 18.2 Å². The summed E-state index contributed by atoms with van der Waals surface area (Å²) in [5, 5.41) is 4.47. The number of rotatable bonds is 7. The van der Waals surface area contributed by atoms with Gasteiger partial charge in [-0.25, -0.2) is 0 Å². The van der Waals surface area contributed by atoms with Crippen molar-refractivity contribution in [2.75, 3.05) is 16.8 Å². The average molecular weight is 624 g/mol. The van der Waals surface area contributed by atoms with Crippen LogP contribution in [0.25, 0.3) is 0 Å². The van der Waals surface area contributed by atoms with E-state index in [0.29, 0.717) is 39.5 Å². The number of halogens is 3. The lowest BCUT2D eigenvalue weighted by atomic mass is 10.1. The van der Waals surface area contributed by atoms with E-state index in [1.54, 1.807) is 24.3 Å². The monoisotopic (exact) mass is 623 g/mol. The molecule has 1 unspecified atom stereocenters. The number of carbonyl (C=O) groups is 2. The summed E-state index contributed by atoms with van der Waals surface area (Å²) in [5.41, 5.74) is 2.36. The van der Waals surface area contributed by atoms with Crippen LogP contribution in [0.1, 0.15) is 12.0 Å². The minimum atomic E-state index is -0.709. The Labute approximate surface area is 227 Å². The zero-order chi connectivity index (χ0) is 24.2. The minimum absolute atomic E-state index is 0.0182. The van der Waals surface area contributed by atoms with Gasteiger partial charge in [0.1, 0.15) is 6.04 Å². The molecule has 4 rings (SSSR count). The van der Waals surface area contributed by atoms with Crippen LogP contribution >= 0.6 is 58.0 Å². The number of nitrogens with zero attached hydrogens (tertiary/aromatic N) is 2. The van der Waals surface area contributed by atoms with Crippen molar-refractivity contribution in [1.82, 2.24) is 4.90 Å². The second-order valence-corrected chi connectivity index (χ2v) is 10.3. The standard InChI is InChI=1S/C25H20Cl2IN3O2S/c26-17-3-1-16(2-4-17)13-14-30-22(15-23(32)29-20-9-7-19(28)8-10-20)24(33)31(25(30)34)21-11-5-18(27)6-12-21/h1-12,22H,13-15H2,(H,29,32). The van der Waals surface area contributed by atoms with E-state index < -0.39 is 6.04 Å². The summed E-state index contributed by atoms with van der Waals surface area (Å²) in [6.45, 7) is 0.484. The Morgan fingerprint density at radius 2 is 1.53 bits per heavy atom. The Kier molecular flexibility index (Phi) is 8.08. The van der Waals surface area contributed by atoms with E-state index in [9.17, 15) is 9.59 Å². The molecule has 34 heavy (non-hydrogen) atoms. The summed E-state index contributed by atoms with van der Waals surface area (Å²) in [6, 6.07) is 21.2. The van der Waals surface area contributed by atoms with Crippen molar-refractivity contribution >= 4 is 86.3 Å². The smallest absolute Gasteiger partial charge is 0.256 e. The van der Waals surface area contributed by atoms with Crippen LogP contribution in [-0.4, -0.2) is 34.4 Å². The largest absolute Gasteiger partial charge is 0.336 e. The summed E-state index contributed by atoms with van der Waals surface area (Å²) < 4.78 is 1.07. The lowest BCUT2D eigenvalue weighted by Crippen LogP contribution is -2.39. The molecule has 0 bridgehead atoms. The highest BCUT2D eigenvalue weighted by molar-refractivity contribution is 14.1.